The van der Waals surface area contributed by atoms with E-state index in [2.05, 4.69) is 47.1 Å². The minimum atomic E-state index is 0.819. The van der Waals surface area contributed by atoms with Crippen LogP contribution in [0.5, 0.6) is 0 Å². The van der Waals surface area contributed by atoms with Crippen LogP contribution in [0.3, 0.4) is 0 Å². The molecule has 0 saturated heterocycles. The number of alkyl halides is 1. The molecule has 1 saturated carbocycles. The van der Waals surface area contributed by atoms with Gasteiger partial charge in [0.2, 0.25) is 0 Å². The zero-order chi connectivity index (χ0) is 12.1. The Hall–Kier alpha value is -0.300. The van der Waals surface area contributed by atoms with E-state index >= 15 is 0 Å². The SMILES string of the molecule is Cc1cccc(CC(CBr)CC2CCCC2)c1. The van der Waals surface area contributed by atoms with E-state index < -0.39 is 0 Å². The predicted molar refractivity (Wildman–Crippen MR) is 78.7 cm³/mol. The summed E-state index contributed by atoms with van der Waals surface area (Å²) in [6.45, 7) is 2.18. The van der Waals surface area contributed by atoms with E-state index in [1.54, 1.807) is 0 Å². The highest BCUT2D eigenvalue weighted by Gasteiger charge is 2.19. The lowest BCUT2D eigenvalue weighted by Gasteiger charge is -2.18. The van der Waals surface area contributed by atoms with Crippen LogP contribution in [0.25, 0.3) is 0 Å². The third-order valence-corrected chi connectivity index (χ3v) is 4.88. The Morgan fingerprint density at radius 1 is 1.29 bits per heavy atom. The van der Waals surface area contributed by atoms with Gasteiger partial charge in [0.05, 0.1) is 0 Å². The maximum Gasteiger partial charge on any atom is 0.00629 e. The third-order valence-electron chi connectivity index (χ3n) is 3.97. The molecule has 1 atom stereocenters. The van der Waals surface area contributed by atoms with Gasteiger partial charge in [-0.05, 0) is 37.2 Å². The second-order valence-electron chi connectivity index (χ2n) is 5.60. The quantitative estimate of drug-likeness (QED) is 0.661. The summed E-state index contributed by atoms with van der Waals surface area (Å²) in [5, 5.41) is 1.15. The van der Waals surface area contributed by atoms with Crippen LogP contribution in [0.1, 0.15) is 43.2 Å². The number of benzene rings is 1. The van der Waals surface area contributed by atoms with Crippen LogP contribution >= 0.6 is 15.9 Å². The van der Waals surface area contributed by atoms with Gasteiger partial charge in [0.25, 0.3) is 0 Å². The average molecular weight is 295 g/mol. The highest BCUT2D eigenvalue weighted by molar-refractivity contribution is 9.09. The smallest absolute Gasteiger partial charge is 0.00629 e. The van der Waals surface area contributed by atoms with Crippen LogP contribution in [0, 0.1) is 18.8 Å². The van der Waals surface area contributed by atoms with Crippen LogP contribution in [-0.4, -0.2) is 5.33 Å². The Morgan fingerprint density at radius 2 is 2.06 bits per heavy atom. The van der Waals surface area contributed by atoms with Crippen LogP contribution < -0.4 is 0 Å². The summed E-state index contributed by atoms with van der Waals surface area (Å²) in [4.78, 5) is 0. The first kappa shape index (κ1) is 13.1. The fourth-order valence-corrected chi connectivity index (χ4v) is 3.58. The predicted octanol–water partition coefficient (Wildman–Crippen LogP) is 5.13. The summed E-state index contributed by atoms with van der Waals surface area (Å²) < 4.78 is 0. The van der Waals surface area contributed by atoms with E-state index in [-0.39, 0.29) is 0 Å². The monoisotopic (exact) mass is 294 g/mol. The van der Waals surface area contributed by atoms with E-state index in [0.29, 0.717) is 0 Å². The molecule has 1 aliphatic carbocycles. The van der Waals surface area contributed by atoms with Crippen molar-refractivity contribution in [2.24, 2.45) is 11.8 Å². The van der Waals surface area contributed by atoms with Crippen molar-refractivity contribution in [1.29, 1.82) is 0 Å². The van der Waals surface area contributed by atoms with Gasteiger partial charge in [-0.2, -0.15) is 0 Å². The van der Waals surface area contributed by atoms with Gasteiger partial charge in [-0.25, -0.2) is 0 Å². The molecule has 0 bridgehead atoms. The normalized spacial score (nSPS) is 18.5. The van der Waals surface area contributed by atoms with Crippen LogP contribution in [0.15, 0.2) is 24.3 Å². The molecule has 0 amide bonds. The Labute approximate surface area is 114 Å². The van der Waals surface area contributed by atoms with Crippen LogP contribution in [0.2, 0.25) is 0 Å². The summed E-state index contributed by atoms with van der Waals surface area (Å²) in [7, 11) is 0. The van der Waals surface area contributed by atoms with Crippen molar-refractivity contribution < 1.29 is 0 Å². The van der Waals surface area contributed by atoms with Crippen molar-refractivity contribution in [3.63, 3.8) is 0 Å². The number of hydrogen-bond acceptors (Lipinski definition) is 0. The van der Waals surface area contributed by atoms with Gasteiger partial charge in [-0.3, -0.25) is 0 Å². The maximum absolute atomic E-state index is 3.70. The number of rotatable bonds is 5. The lowest BCUT2D eigenvalue weighted by molar-refractivity contribution is 0.402. The molecule has 1 unspecified atom stereocenters. The minimum absolute atomic E-state index is 0.819. The molecule has 1 heteroatoms. The Balaban J connectivity index is 1.90. The molecule has 0 spiro atoms. The zero-order valence-electron chi connectivity index (χ0n) is 10.8. The van der Waals surface area contributed by atoms with Gasteiger partial charge in [0.15, 0.2) is 0 Å². The molecule has 1 aliphatic rings. The Morgan fingerprint density at radius 3 is 2.71 bits per heavy atom. The van der Waals surface area contributed by atoms with Gasteiger partial charge < -0.3 is 0 Å². The molecule has 1 aromatic carbocycles. The molecule has 0 N–H and O–H groups in total. The first-order valence-corrected chi connectivity index (χ1v) is 8.01. The third kappa shape index (κ3) is 4.13. The second kappa shape index (κ2) is 6.58. The molecule has 2 rings (SSSR count). The topological polar surface area (TPSA) is 0 Å². The second-order valence-corrected chi connectivity index (χ2v) is 6.25. The highest BCUT2D eigenvalue weighted by Crippen LogP contribution is 2.32. The first-order chi connectivity index (χ1) is 8.28. The summed E-state index contributed by atoms with van der Waals surface area (Å²) in [5.74, 6) is 1.82. The number of halogens is 1. The minimum Gasteiger partial charge on any atom is -0.0925 e. The molecular weight excluding hydrogens is 272 g/mol. The Kier molecular flexibility index (Phi) is 5.09. The molecule has 94 valence electrons. The average Bonchev–Trinajstić information content (AvgIpc) is 2.81. The molecule has 0 radical (unpaired) electrons. The summed E-state index contributed by atoms with van der Waals surface area (Å²) >= 11 is 3.70. The molecule has 1 fully saturated rings. The summed E-state index contributed by atoms with van der Waals surface area (Å²) in [6.07, 6.45) is 8.52. The van der Waals surface area contributed by atoms with Crippen LogP contribution in [-0.2, 0) is 6.42 Å². The lowest BCUT2D eigenvalue weighted by Crippen LogP contribution is -2.11. The fraction of sp³-hybridized carbons (Fsp3) is 0.625. The molecule has 17 heavy (non-hydrogen) atoms. The van der Waals surface area contributed by atoms with Gasteiger partial charge in [0, 0.05) is 5.33 Å². The van der Waals surface area contributed by atoms with Gasteiger partial charge in [-0.15, -0.1) is 0 Å². The van der Waals surface area contributed by atoms with Crippen molar-refractivity contribution in [3.05, 3.63) is 35.4 Å². The molecule has 0 heterocycles. The lowest BCUT2D eigenvalue weighted by atomic mass is 9.89. The maximum atomic E-state index is 3.70. The number of aryl methyl sites for hydroxylation is 1. The zero-order valence-corrected chi connectivity index (χ0v) is 12.4. The first-order valence-electron chi connectivity index (χ1n) is 6.89. The Bertz CT molecular complexity index is 339. The van der Waals surface area contributed by atoms with Crippen molar-refractivity contribution in [2.45, 2.75) is 45.4 Å². The standard InChI is InChI=1S/C16H23Br/c1-13-5-4-8-15(9-13)11-16(12-17)10-14-6-2-3-7-14/h4-5,8-9,14,16H,2-3,6-7,10-12H2,1H3. The van der Waals surface area contributed by atoms with E-state index in [1.165, 1.54) is 49.7 Å². The molecular formula is C16H23Br. The highest BCUT2D eigenvalue weighted by atomic mass is 79.9. The largest absolute Gasteiger partial charge is 0.0925 e. The van der Waals surface area contributed by atoms with E-state index in [9.17, 15) is 0 Å². The van der Waals surface area contributed by atoms with Crippen molar-refractivity contribution in [1.82, 2.24) is 0 Å². The van der Waals surface area contributed by atoms with Crippen molar-refractivity contribution >= 4 is 15.9 Å². The van der Waals surface area contributed by atoms with E-state index in [1.807, 2.05) is 0 Å². The number of hydrogen-bond donors (Lipinski definition) is 0. The molecule has 1 aromatic rings. The van der Waals surface area contributed by atoms with Gasteiger partial charge in [0.1, 0.15) is 0 Å². The summed E-state index contributed by atoms with van der Waals surface area (Å²) in [5.41, 5.74) is 2.89. The van der Waals surface area contributed by atoms with Crippen molar-refractivity contribution in [2.75, 3.05) is 5.33 Å². The molecule has 0 aliphatic heterocycles. The van der Waals surface area contributed by atoms with Gasteiger partial charge >= 0.3 is 0 Å². The fourth-order valence-electron chi connectivity index (χ4n) is 3.09. The summed E-state index contributed by atoms with van der Waals surface area (Å²) in [6, 6.07) is 8.98. The van der Waals surface area contributed by atoms with Crippen molar-refractivity contribution in [3.8, 4) is 0 Å². The van der Waals surface area contributed by atoms with Crippen LogP contribution in [0.4, 0.5) is 0 Å². The molecule has 0 aromatic heterocycles. The van der Waals surface area contributed by atoms with Gasteiger partial charge in [-0.1, -0.05) is 71.4 Å². The molecule has 0 nitrogen and oxygen atoms in total. The van der Waals surface area contributed by atoms with E-state index in [4.69, 9.17) is 0 Å². The van der Waals surface area contributed by atoms with E-state index in [0.717, 1.165) is 17.2 Å².